The topological polar surface area (TPSA) is 103 Å². The number of aromatic nitrogens is 2. The maximum atomic E-state index is 12.1. The van der Waals surface area contributed by atoms with E-state index < -0.39 is 36.0 Å². The van der Waals surface area contributed by atoms with E-state index in [4.69, 9.17) is 25.8 Å². The Bertz CT molecular complexity index is 706. The molecule has 2 rings (SSSR count). The van der Waals surface area contributed by atoms with E-state index >= 15 is 0 Å². The predicted octanol–water partition coefficient (Wildman–Crippen LogP) is 1.17. The van der Waals surface area contributed by atoms with E-state index in [0.29, 0.717) is 13.0 Å². The average Bonchev–Trinajstić information content (AvgIpc) is 2.99. The van der Waals surface area contributed by atoms with Crippen LogP contribution in [0.2, 0.25) is 0 Å². The summed E-state index contributed by atoms with van der Waals surface area (Å²) in [6.45, 7) is 1.97. The van der Waals surface area contributed by atoms with Crippen molar-refractivity contribution in [2.75, 3.05) is 19.1 Å². The third-order valence-electron chi connectivity index (χ3n) is 3.71. The molecule has 0 bridgehead atoms. The quantitative estimate of drug-likeness (QED) is 0.466. The van der Waals surface area contributed by atoms with Crippen molar-refractivity contribution >= 4 is 33.6 Å². The van der Waals surface area contributed by atoms with Gasteiger partial charge in [-0.2, -0.15) is 0 Å². The second kappa shape index (κ2) is 9.65. The number of nitrogens with zero attached hydrogens (tertiary/aromatic N) is 1. The van der Waals surface area contributed by atoms with Crippen LogP contribution in [0.5, 0.6) is 0 Å². The average molecular weight is 440 g/mol. The minimum atomic E-state index is -0.688. The number of nitrogens with one attached hydrogen (secondary N) is 1. The van der Waals surface area contributed by atoms with Gasteiger partial charge in [-0.15, -0.1) is 11.6 Å². The van der Waals surface area contributed by atoms with Crippen molar-refractivity contribution in [1.29, 1.82) is 0 Å². The molecule has 0 aromatic carbocycles. The number of aliphatic hydroxyl groups is 1. The summed E-state index contributed by atoms with van der Waals surface area (Å²) in [6, 6.07) is 0. The van der Waals surface area contributed by atoms with Crippen molar-refractivity contribution in [2.24, 2.45) is 0 Å². The highest BCUT2D eigenvalue weighted by Crippen LogP contribution is 2.30. The highest BCUT2D eigenvalue weighted by molar-refractivity contribution is 9.11. The van der Waals surface area contributed by atoms with Gasteiger partial charge in [0.2, 0.25) is 0 Å². The maximum Gasteiger partial charge on any atom is 0.330 e. The molecule has 1 aliphatic heterocycles. The SMILES string of the molecule is CCOC(CCl)O[C@H]1C[C@H](n2cc(/C=C/Br)c(=O)[nH]c2=O)O[C@@H]1CO. The van der Waals surface area contributed by atoms with Gasteiger partial charge in [0.25, 0.3) is 5.56 Å². The number of aliphatic hydroxyl groups excluding tert-OH is 1. The molecule has 1 aliphatic rings. The molecule has 2 N–H and O–H groups in total. The van der Waals surface area contributed by atoms with E-state index in [-0.39, 0.29) is 18.1 Å². The van der Waals surface area contributed by atoms with Crippen LogP contribution >= 0.6 is 27.5 Å². The first-order chi connectivity index (χ1) is 12.0. The summed E-state index contributed by atoms with van der Waals surface area (Å²) >= 11 is 8.90. The first kappa shape index (κ1) is 20.3. The summed E-state index contributed by atoms with van der Waals surface area (Å²) in [7, 11) is 0. The molecule has 1 unspecified atom stereocenters. The molecule has 0 spiro atoms. The number of ether oxygens (including phenoxy) is 3. The second-order valence-corrected chi connectivity index (χ2v) is 6.14. The molecule has 0 saturated carbocycles. The van der Waals surface area contributed by atoms with E-state index in [1.807, 2.05) is 6.92 Å². The van der Waals surface area contributed by atoms with E-state index in [1.165, 1.54) is 21.8 Å². The molecule has 0 radical (unpaired) electrons. The van der Waals surface area contributed by atoms with Crippen LogP contribution in [-0.4, -0.2) is 52.2 Å². The summed E-state index contributed by atoms with van der Waals surface area (Å²) in [5, 5.41) is 9.53. The second-order valence-electron chi connectivity index (χ2n) is 5.30. The third kappa shape index (κ3) is 5.02. The van der Waals surface area contributed by atoms with Crippen LogP contribution < -0.4 is 11.2 Å². The number of hydrogen-bond donors (Lipinski definition) is 2. The number of halogens is 2. The van der Waals surface area contributed by atoms with Gasteiger partial charge in [-0.1, -0.05) is 15.9 Å². The van der Waals surface area contributed by atoms with Gasteiger partial charge in [-0.3, -0.25) is 14.3 Å². The molecule has 4 atom stereocenters. The monoisotopic (exact) mass is 438 g/mol. The van der Waals surface area contributed by atoms with Crippen molar-refractivity contribution in [3.05, 3.63) is 37.6 Å². The van der Waals surface area contributed by atoms with E-state index in [2.05, 4.69) is 20.9 Å². The Morgan fingerprint density at radius 3 is 2.96 bits per heavy atom. The van der Waals surface area contributed by atoms with Crippen molar-refractivity contribution in [3.8, 4) is 0 Å². The van der Waals surface area contributed by atoms with Gasteiger partial charge >= 0.3 is 5.69 Å². The van der Waals surface area contributed by atoms with Gasteiger partial charge in [-0.25, -0.2) is 4.79 Å². The fraction of sp³-hybridized carbons (Fsp3) is 0.600. The molecule has 1 aromatic rings. The van der Waals surface area contributed by atoms with Crippen molar-refractivity contribution in [1.82, 2.24) is 9.55 Å². The molecule has 140 valence electrons. The van der Waals surface area contributed by atoms with Gasteiger partial charge in [-0.05, 0) is 18.0 Å². The fourth-order valence-corrected chi connectivity index (χ4v) is 3.03. The Balaban J connectivity index is 2.23. The lowest BCUT2D eigenvalue weighted by Crippen LogP contribution is -2.33. The van der Waals surface area contributed by atoms with Crippen LogP contribution in [0.15, 0.2) is 20.8 Å². The molecule has 10 heteroatoms. The van der Waals surface area contributed by atoms with Gasteiger partial charge in [0.1, 0.15) is 12.3 Å². The lowest BCUT2D eigenvalue weighted by atomic mass is 10.2. The summed E-state index contributed by atoms with van der Waals surface area (Å²) in [6.07, 6.45) is 0.764. The van der Waals surface area contributed by atoms with Crippen molar-refractivity contribution < 1.29 is 19.3 Å². The normalized spacial score (nSPS) is 24.9. The highest BCUT2D eigenvalue weighted by Gasteiger charge is 2.38. The summed E-state index contributed by atoms with van der Waals surface area (Å²) < 4.78 is 18.1. The first-order valence-corrected chi connectivity index (χ1v) is 9.20. The predicted molar refractivity (Wildman–Crippen MR) is 95.9 cm³/mol. The Labute approximate surface area is 157 Å². The van der Waals surface area contributed by atoms with Crippen LogP contribution in [0.3, 0.4) is 0 Å². The molecule has 2 heterocycles. The standard InChI is InChI=1S/C15H20BrClN2O6/c1-2-23-13(6-17)25-10-5-12(24-11(10)8-20)19-7-9(3-4-16)14(21)18-15(19)22/h3-4,7,10-13,20H,2,5-6,8H2,1H3,(H,18,21,22)/b4-3+/t10-,11+,12+,13?/m0/s1. The zero-order valence-corrected chi connectivity index (χ0v) is 15.9. The summed E-state index contributed by atoms with van der Waals surface area (Å²) in [5.74, 6) is 0.131. The summed E-state index contributed by atoms with van der Waals surface area (Å²) in [4.78, 5) is 27.6. The molecule has 0 aliphatic carbocycles. The van der Waals surface area contributed by atoms with Gasteiger partial charge in [0, 0.05) is 19.2 Å². The zero-order valence-electron chi connectivity index (χ0n) is 13.6. The number of H-pyrrole nitrogens is 1. The zero-order chi connectivity index (χ0) is 18.4. The van der Waals surface area contributed by atoms with Gasteiger partial charge in [0.15, 0.2) is 6.29 Å². The molecule has 1 saturated heterocycles. The van der Waals surface area contributed by atoms with E-state index in [9.17, 15) is 14.7 Å². The lowest BCUT2D eigenvalue weighted by Gasteiger charge is -2.22. The molecular weight excluding hydrogens is 420 g/mol. The molecule has 0 amide bonds. The van der Waals surface area contributed by atoms with Crippen LogP contribution in [0.4, 0.5) is 0 Å². The largest absolute Gasteiger partial charge is 0.394 e. The van der Waals surface area contributed by atoms with E-state index in [1.54, 1.807) is 0 Å². The highest BCUT2D eigenvalue weighted by atomic mass is 79.9. The fourth-order valence-electron chi connectivity index (χ4n) is 2.58. The van der Waals surface area contributed by atoms with Crippen LogP contribution in [0, 0.1) is 0 Å². The molecular formula is C15H20BrClN2O6. The molecule has 8 nitrogen and oxygen atoms in total. The van der Waals surface area contributed by atoms with Gasteiger partial charge in [0.05, 0.1) is 24.2 Å². The first-order valence-electron chi connectivity index (χ1n) is 7.75. The number of alkyl halides is 1. The van der Waals surface area contributed by atoms with Crippen molar-refractivity contribution in [3.63, 3.8) is 0 Å². The lowest BCUT2D eigenvalue weighted by molar-refractivity contribution is -0.170. The van der Waals surface area contributed by atoms with E-state index in [0.717, 1.165) is 0 Å². The smallest absolute Gasteiger partial charge is 0.330 e. The van der Waals surface area contributed by atoms with Gasteiger partial charge < -0.3 is 19.3 Å². The Morgan fingerprint density at radius 2 is 2.36 bits per heavy atom. The van der Waals surface area contributed by atoms with Crippen molar-refractivity contribution in [2.45, 2.75) is 38.1 Å². The molecule has 1 aromatic heterocycles. The third-order valence-corrected chi connectivity index (χ3v) is 4.23. The molecule has 25 heavy (non-hydrogen) atoms. The maximum absolute atomic E-state index is 12.1. The Kier molecular flexibility index (Phi) is 7.85. The minimum absolute atomic E-state index is 0.131. The van der Waals surface area contributed by atoms with Crippen LogP contribution in [0.1, 0.15) is 25.1 Å². The minimum Gasteiger partial charge on any atom is -0.394 e. The van der Waals surface area contributed by atoms with Crippen LogP contribution in [0.25, 0.3) is 6.08 Å². The van der Waals surface area contributed by atoms with Crippen LogP contribution in [-0.2, 0) is 14.2 Å². The number of rotatable bonds is 8. The Hall–Kier alpha value is -0.970. The number of aromatic amines is 1. The number of hydrogen-bond acceptors (Lipinski definition) is 6. The summed E-state index contributed by atoms with van der Waals surface area (Å²) in [5.41, 5.74) is -0.810. The Morgan fingerprint density at radius 1 is 1.60 bits per heavy atom. The molecule has 1 fully saturated rings.